The van der Waals surface area contributed by atoms with E-state index in [0.29, 0.717) is 17.3 Å². The summed E-state index contributed by atoms with van der Waals surface area (Å²) in [7, 11) is 1.73. The molecule has 1 aliphatic carbocycles. The number of ether oxygens (including phenoxy) is 1. The molecule has 0 aliphatic heterocycles. The molecule has 0 bridgehead atoms. The largest absolute Gasteiger partial charge is 0.496 e. The Morgan fingerprint density at radius 1 is 1.38 bits per heavy atom. The molecule has 2 atom stereocenters. The van der Waals surface area contributed by atoms with Crippen LogP contribution in [0.25, 0.3) is 0 Å². The fourth-order valence-electron chi connectivity index (χ4n) is 2.88. The topological polar surface area (TPSA) is 35.2 Å². The summed E-state index contributed by atoms with van der Waals surface area (Å²) in [5.74, 6) is 2.18. The highest BCUT2D eigenvalue weighted by molar-refractivity contribution is 5.42. The Morgan fingerprint density at radius 3 is 2.56 bits per heavy atom. The quantitative estimate of drug-likeness (QED) is 0.848. The Labute approximate surface area is 97.8 Å². The number of hydrogen-bond donors (Lipinski definition) is 1. The van der Waals surface area contributed by atoms with E-state index in [0.717, 1.165) is 12.3 Å². The normalized spacial score (nSPS) is 26.6. The van der Waals surface area contributed by atoms with Gasteiger partial charge in [0, 0.05) is 0 Å². The Kier molecular flexibility index (Phi) is 2.70. The smallest absolute Gasteiger partial charge is 0.122 e. The summed E-state index contributed by atoms with van der Waals surface area (Å²) in [6.45, 7) is 7.43. The van der Waals surface area contributed by atoms with Gasteiger partial charge < -0.3 is 10.5 Å². The van der Waals surface area contributed by atoms with Crippen molar-refractivity contribution >= 4 is 0 Å². The molecule has 0 aromatic heterocycles. The molecule has 0 saturated heterocycles. The van der Waals surface area contributed by atoms with Gasteiger partial charge in [-0.3, -0.25) is 0 Å². The van der Waals surface area contributed by atoms with Gasteiger partial charge in [0.25, 0.3) is 0 Å². The van der Waals surface area contributed by atoms with Crippen molar-refractivity contribution in [2.24, 2.45) is 17.1 Å². The molecule has 1 aromatic carbocycles. The number of hydrogen-bond acceptors (Lipinski definition) is 2. The number of nitrogens with two attached hydrogens (primary N) is 1. The maximum Gasteiger partial charge on any atom is 0.122 e. The highest BCUT2D eigenvalue weighted by atomic mass is 16.5. The van der Waals surface area contributed by atoms with Crippen molar-refractivity contribution in [2.75, 3.05) is 13.7 Å². The lowest BCUT2D eigenvalue weighted by Crippen LogP contribution is -2.05. The Bertz CT molecular complexity index is 398. The molecule has 1 aliphatic rings. The Balaban J connectivity index is 2.30. The molecule has 0 radical (unpaired) electrons. The van der Waals surface area contributed by atoms with E-state index in [4.69, 9.17) is 10.5 Å². The minimum atomic E-state index is 0.342. The molecule has 0 spiro atoms. The number of methoxy groups -OCH3 is 1. The second kappa shape index (κ2) is 3.77. The molecule has 2 rings (SSSR count). The predicted octanol–water partition coefficient (Wildman–Crippen LogP) is 2.70. The van der Waals surface area contributed by atoms with Crippen molar-refractivity contribution in [3.63, 3.8) is 0 Å². The second-order valence-corrected chi connectivity index (χ2v) is 5.37. The third-order valence-electron chi connectivity index (χ3n) is 4.10. The molecular weight excluding hydrogens is 198 g/mol. The maximum atomic E-state index is 5.81. The third-order valence-corrected chi connectivity index (χ3v) is 4.10. The standard InChI is InChI=1S/C14H21NO/c1-9-5-6-10(7-12(9)16-4)13-11(8-15)14(13,2)3/h5-7,11,13H,8,15H2,1-4H3. The van der Waals surface area contributed by atoms with Crippen molar-refractivity contribution in [3.05, 3.63) is 29.3 Å². The van der Waals surface area contributed by atoms with E-state index in [2.05, 4.69) is 39.0 Å². The summed E-state index contributed by atoms with van der Waals surface area (Å²) >= 11 is 0. The zero-order chi connectivity index (χ0) is 11.9. The summed E-state index contributed by atoms with van der Waals surface area (Å²) in [4.78, 5) is 0. The van der Waals surface area contributed by atoms with Gasteiger partial charge >= 0.3 is 0 Å². The molecule has 16 heavy (non-hydrogen) atoms. The Hall–Kier alpha value is -1.02. The van der Waals surface area contributed by atoms with Crippen molar-refractivity contribution in [2.45, 2.75) is 26.7 Å². The molecule has 0 heterocycles. The van der Waals surface area contributed by atoms with Crippen molar-refractivity contribution in [1.82, 2.24) is 0 Å². The molecule has 2 nitrogen and oxygen atoms in total. The summed E-state index contributed by atoms with van der Waals surface area (Å²) < 4.78 is 5.37. The van der Waals surface area contributed by atoms with Crippen molar-refractivity contribution in [1.29, 1.82) is 0 Å². The van der Waals surface area contributed by atoms with Gasteiger partial charge in [-0.15, -0.1) is 0 Å². The Morgan fingerprint density at radius 2 is 2.06 bits per heavy atom. The van der Waals surface area contributed by atoms with E-state index < -0.39 is 0 Å². The van der Waals surface area contributed by atoms with Crippen LogP contribution in [-0.2, 0) is 0 Å². The second-order valence-electron chi connectivity index (χ2n) is 5.37. The summed E-state index contributed by atoms with van der Waals surface area (Å²) in [5.41, 5.74) is 8.70. The molecule has 1 saturated carbocycles. The van der Waals surface area contributed by atoms with Crippen LogP contribution in [0.2, 0.25) is 0 Å². The van der Waals surface area contributed by atoms with Gasteiger partial charge in [-0.2, -0.15) is 0 Å². The fourth-order valence-corrected chi connectivity index (χ4v) is 2.88. The molecule has 1 aromatic rings. The highest BCUT2D eigenvalue weighted by Gasteiger charge is 2.57. The summed E-state index contributed by atoms with van der Waals surface area (Å²) in [6.07, 6.45) is 0. The van der Waals surface area contributed by atoms with E-state index >= 15 is 0 Å². The van der Waals surface area contributed by atoms with Crippen LogP contribution < -0.4 is 10.5 Å². The average Bonchev–Trinajstić information content (AvgIpc) is 2.81. The summed E-state index contributed by atoms with van der Waals surface area (Å²) in [5, 5.41) is 0. The van der Waals surface area contributed by atoms with Crippen LogP contribution in [0.1, 0.15) is 30.9 Å². The van der Waals surface area contributed by atoms with Gasteiger partial charge in [-0.25, -0.2) is 0 Å². The van der Waals surface area contributed by atoms with Gasteiger partial charge in [0.1, 0.15) is 5.75 Å². The van der Waals surface area contributed by atoms with Crippen LogP contribution in [0.15, 0.2) is 18.2 Å². The third kappa shape index (κ3) is 1.61. The molecule has 0 amide bonds. The number of aryl methyl sites for hydroxylation is 1. The van der Waals surface area contributed by atoms with Gasteiger partial charge in [0.2, 0.25) is 0 Å². The van der Waals surface area contributed by atoms with E-state index in [1.165, 1.54) is 11.1 Å². The zero-order valence-corrected chi connectivity index (χ0v) is 10.6. The van der Waals surface area contributed by atoms with E-state index in [-0.39, 0.29) is 0 Å². The number of rotatable bonds is 3. The van der Waals surface area contributed by atoms with Crippen molar-refractivity contribution in [3.8, 4) is 5.75 Å². The zero-order valence-electron chi connectivity index (χ0n) is 10.6. The maximum absolute atomic E-state index is 5.81. The first-order valence-corrected chi connectivity index (χ1v) is 5.87. The first kappa shape index (κ1) is 11.5. The molecular formula is C14H21NO. The first-order valence-electron chi connectivity index (χ1n) is 5.87. The SMILES string of the molecule is COc1cc(C2C(CN)C2(C)C)ccc1C. The number of benzene rings is 1. The fraction of sp³-hybridized carbons (Fsp3) is 0.571. The molecule has 2 heteroatoms. The predicted molar refractivity (Wildman–Crippen MR) is 66.8 cm³/mol. The lowest BCUT2D eigenvalue weighted by molar-refractivity contribution is 0.411. The van der Waals surface area contributed by atoms with E-state index in [1.54, 1.807) is 7.11 Å². The molecule has 2 N–H and O–H groups in total. The van der Waals surface area contributed by atoms with E-state index in [1.807, 2.05) is 0 Å². The van der Waals surface area contributed by atoms with Crippen LogP contribution in [0, 0.1) is 18.3 Å². The van der Waals surface area contributed by atoms with E-state index in [9.17, 15) is 0 Å². The van der Waals surface area contributed by atoms with Crippen LogP contribution >= 0.6 is 0 Å². The van der Waals surface area contributed by atoms with Gasteiger partial charge in [0.05, 0.1) is 7.11 Å². The minimum Gasteiger partial charge on any atom is -0.496 e. The van der Waals surface area contributed by atoms with Crippen molar-refractivity contribution < 1.29 is 4.74 Å². The summed E-state index contributed by atoms with van der Waals surface area (Å²) in [6, 6.07) is 6.51. The minimum absolute atomic E-state index is 0.342. The van der Waals surface area contributed by atoms with Crippen LogP contribution in [0.4, 0.5) is 0 Å². The van der Waals surface area contributed by atoms with Crippen LogP contribution in [-0.4, -0.2) is 13.7 Å². The monoisotopic (exact) mass is 219 g/mol. The molecule has 2 unspecified atom stereocenters. The molecule has 1 fully saturated rings. The van der Waals surface area contributed by atoms with Crippen LogP contribution in [0.5, 0.6) is 5.75 Å². The highest BCUT2D eigenvalue weighted by Crippen LogP contribution is 2.64. The molecule has 88 valence electrons. The lowest BCUT2D eigenvalue weighted by atomic mass is 10.0. The van der Waals surface area contributed by atoms with Gasteiger partial charge in [-0.1, -0.05) is 26.0 Å². The van der Waals surface area contributed by atoms with Crippen LogP contribution in [0.3, 0.4) is 0 Å². The lowest BCUT2D eigenvalue weighted by Gasteiger charge is -2.08. The van der Waals surface area contributed by atoms with Gasteiger partial charge in [0.15, 0.2) is 0 Å². The first-order chi connectivity index (χ1) is 7.52. The van der Waals surface area contributed by atoms with Gasteiger partial charge in [-0.05, 0) is 47.9 Å². The average molecular weight is 219 g/mol.